The molecular weight excluding hydrogens is 429 g/mol. The van der Waals surface area contributed by atoms with Crippen molar-refractivity contribution in [2.75, 3.05) is 17.2 Å². The highest BCUT2D eigenvalue weighted by Crippen LogP contribution is 2.22. The second-order valence-corrected chi connectivity index (χ2v) is 8.23. The van der Waals surface area contributed by atoms with Crippen LogP contribution in [-0.2, 0) is 9.53 Å². The zero-order chi connectivity index (χ0) is 22.3. The maximum absolute atomic E-state index is 12.3. The van der Waals surface area contributed by atoms with E-state index in [2.05, 4.69) is 16.0 Å². The molecule has 2 aromatic rings. The van der Waals surface area contributed by atoms with E-state index in [1.165, 1.54) is 6.07 Å². The van der Waals surface area contributed by atoms with Gasteiger partial charge in [0, 0.05) is 29.4 Å². The molecule has 0 bridgehead atoms. The van der Waals surface area contributed by atoms with E-state index in [0.29, 0.717) is 21.4 Å². The van der Waals surface area contributed by atoms with Crippen molar-refractivity contribution < 1.29 is 19.1 Å². The highest BCUT2D eigenvalue weighted by Gasteiger charge is 2.16. The van der Waals surface area contributed by atoms with Gasteiger partial charge in [-0.2, -0.15) is 0 Å². The standard InChI is InChI=1S/C21H23Cl2N3O4/c1-21(2,3)30-20(29)24-11-10-18(27)25-14-5-7-15(8-6-14)26-19(28)16-12-13(22)4-9-17(16)23/h4-9,12H,10-11H2,1-3H3,(H,24,29)(H,25,27)(H,26,28). The molecule has 160 valence electrons. The predicted octanol–water partition coefficient (Wildman–Crippen LogP) is 5.10. The summed E-state index contributed by atoms with van der Waals surface area (Å²) in [6, 6.07) is 11.2. The van der Waals surface area contributed by atoms with E-state index < -0.39 is 17.6 Å². The van der Waals surface area contributed by atoms with Gasteiger partial charge in [-0.15, -0.1) is 0 Å². The molecule has 0 radical (unpaired) electrons. The van der Waals surface area contributed by atoms with E-state index in [1.54, 1.807) is 57.2 Å². The number of anilines is 2. The first-order valence-corrected chi connectivity index (χ1v) is 9.92. The highest BCUT2D eigenvalue weighted by atomic mass is 35.5. The minimum Gasteiger partial charge on any atom is -0.444 e. The quantitative estimate of drug-likeness (QED) is 0.568. The number of carbonyl (C=O) groups excluding carboxylic acids is 3. The molecule has 9 heteroatoms. The Hall–Kier alpha value is -2.77. The summed E-state index contributed by atoms with van der Waals surface area (Å²) in [7, 11) is 0. The molecule has 2 rings (SSSR count). The SMILES string of the molecule is CC(C)(C)OC(=O)NCCC(=O)Nc1ccc(NC(=O)c2cc(Cl)ccc2Cl)cc1. The van der Waals surface area contributed by atoms with Crippen LogP contribution in [0.25, 0.3) is 0 Å². The third-order valence-electron chi connectivity index (χ3n) is 3.62. The monoisotopic (exact) mass is 451 g/mol. The van der Waals surface area contributed by atoms with E-state index in [0.717, 1.165) is 0 Å². The van der Waals surface area contributed by atoms with Crippen LogP contribution in [-0.4, -0.2) is 30.1 Å². The van der Waals surface area contributed by atoms with Gasteiger partial charge in [-0.1, -0.05) is 23.2 Å². The lowest BCUT2D eigenvalue weighted by atomic mass is 10.2. The number of rotatable bonds is 6. The highest BCUT2D eigenvalue weighted by molar-refractivity contribution is 6.36. The average molecular weight is 452 g/mol. The summed E-state index contributed by atoms with van der Waals surface area (Å²) < 4.78 is 5.10. The van der Waals surface area contributed by atoms with Crippen LogP contribution in [0.4, 0.5) is 16.2 Å². The summed E-state index contributed by atoms with van der Waals surface area (Å²) >= 11 is 11.9. The molecule has 0 saturated heterocycles. The Labute approximate surface area is 185 Å². The van der Waals surface area contributed by atoms with E-state index in [9.17, 15) is 14.4 Å². The van der Waals surface area contributed by atoms with Gasteiger partial charge >= 0.3 is 6.09 Å². The van der Waals surface area contributed by atoms with Crippen molar-refractivity contribution in [1.29, 1.82) is 0 Å². The van der Waals surface area contributed by atoms with Gasteiger partial charge in [0.2, 0.25) is 5.91 Å². The Bertz CT molecular complexity index is 925. The van der Waals surface area contributed by atoms with E-state index >= 15 is 0 Å². The fourth-order valence-electron chi connectivity index (χ4n) is 2.32. The minimum absolute atomic E-state index is 0.0883. The number of ether oxygens (including phenoxy) is 1. The van der Waals surface area contributed by atoms with Crippen LogP contribution in [0.2, 0.25) is 10.0 Å². The first-order chi connectivity index (χ1) is 14.0. The van der Waals surface area contributed by atoms with Crippen molar-refractivity contribution in [3.63, 3.8) is 0 Å². The summed E-state index contributed by atoms with van der Waals surface area (Å²) in [6.45, 7) is 5.42. The van der Waals surface area contributed by atoms with Crippen molar-refractivity contribution in [2.45, 2.75) is 32.8 Å². The molecule has 0 atom stereocenters. The van der Waals surface area contributed by atoms with Crippen molar-refractivity contribution in [2.24, 2.45) is 0 Å². The number of amides is 3. The number of alkyl carbamates (subject to hydrolysis) is 1. The molecule has 3 amide bonds. The average Bonchev–Trinajstić information content (AvgIpc) is 2.63. The molecular formula is C21H23Cl2N3O4. The van der Waals surface area contributed by atoms with Crippen LogP contribution >= 0.6 is 23.2 Å². The minimum atomic E-state index is -0.596. The summed E-state index contributed by atoms with van der Waals surface area (Å²) in [6.07, 6.45) is -0.486. The van der Waals surface area contributed by atoms with Crippen LogP contribution in [0, 0.1) is 0 Å². The Balaban J connectivity index is 1.82. The normalized spacial score (nSPS) is 10.8. The Kier molecular flexibility index (Phi) is 8.08. The van der Waals surface area contributed by atoms with Gasteiger partial charge in [0.25, 0.3) is 5.91 Å². The van der Waals surface area contributed by atoms with Crippen LogP contribution in [0.1, 0.15) is 37.6 Å². The molecule has 0 fully saturated rings. The smallest absolute Gasteiger partial charge is 0.407 e. The number of halogens is 2. The van der Waals surface area contributed by atoms with E-state index in [1.807, 2.05) is 0 Å². The molecule has 0 aliphatic carbocycles. The topological polar surface area (TPSA) is 96.5 Å². The molecule has 0 unspecified atom stereocenters. The molecule has 30 heavy (non-hydrogen) atoms. The third-order valence-corrected chi connectivity index (χ3v) is 4.18. The number of hydrogen-bond donors (Lipinski definition) is 3. The Morgan fingerprint density at radius 3 is 2.13 bits per heavy atom. The lowest BCUT2D eigenvalue weighted by Gasteiger charge is -2.19. The molecule has 2 aromatic carbocycles. The molecule has 0 heterocycles. The molecule has 0 aromatic heterocycles. The number of benzene rings is 2. The second kappa shape index (κ2) is 10.3. The van der Waals surface area contributed by atoms with Gasteiger partial charge in [-0.3, -0.25) is 9.59 Å². The second-order valence-electron chi connectivity index (χ2n) is 7.38. The number of nitrogens with one attached hydrogen (secondary N) is 3. The zero-order valence-electron chi connectivity index (χ0n) is 16.8. The van der Waals surface area contributed by atoms with Crippen molar-refractivity contribution in [1.82, 2.24) is 5.32 Å². The maximum Gasteiger partial charge on any atom is 0.407 e. The molecule has 0 aliphatic rings. The fourth-order valence-corrected chi connectivity index (χ4v) is 2.70. The molecule has 0 aliphatic heterocycles. The van der Waals surface area contributed by atoms with Gasteiger partial charge in [-0.05, 0) is 63.2 Å². The first-order valence-electron chi connectivity index (χ1n) is 9.17. The number of hydrogen-bond acceptors (Lipinski definition) is 4. The van der Waals surface area contributed by atoms with Gasteiger partial charge in [0.05, 0.1) is 10.6 Å². The lowest BCUT2D eigenvalue weighted by molar-refractivity contribution is -0.116. The van der Waals surface area contributed by atoms with E-state index in [4.69, 9.17) is 27.9 Å². The van der Waals surface area contributed by atoms with Crippen LogP contribution in [0.3, 0.4) is 0 Å². The van der Waals surface area contributed by atoms with E-state index in [-0.39, 0.29) is 24.4 Å². The summed E-state index contributed by atoms with van der Waals surface area (Å²) in [4.78, 5) is 35.9. The largest absolute Gasteiger partial charge is 0.444 e. The first kappa shape index (κ1) is 23.5. The molecule has 0 spiro atoms. The van der Waals surface area contributed by atoms with Crippen LogP contribution in [0.15, 0.2) is 42.5 Å². The zero-order valence-corrected chi connectivity index (χ0v) is 18.4. The van der Waals surface area contributed by atoms with Gasteiger partial charge in [0.15, 0.2) is 0 Å². The van der Waals surface area contributed by atoms with Crippen LogP contribution in [0.5, 0.6) is 0 Å². The van der Waals surface area contributed by atoms with Gasteiger partial charge in [0.1, 0.15) is 5.60 Å². The molecule has 7 nitrogen and oxygen atoms in total. The third kappa shape index (κ3) is 7.93. The molecule has 0 saturated carbocycles. The summed E-state index contributed by atoms with van der Waals surface area (Å²) in [5, 5.41) is 8.65. The van der Waals surface area contributed by atoms with Crippen molar-refractivity contribution in [3.05, 3.63) is 58.1 Å². The lowest BCUT2D eigenvalue weighted by Crippen LogP contribution is -2.34. The molecule has 3 N–H and O–H groups in total. The van der Waals surface area contributed by atoms with Crippen molar-refractivity contribution in [3.8, 4) is 0 Å². The van der Waals surface area contributed by atoms with Gasteiger partial charge < -0.3 is 20.7 Å². The van der Waals surface area contributed by atoms with Gasteiger partial charge in [-0.25, -0.2) is 4.79 Å². The number of carbonyl (C=O) groups is 3. The van der Waals surface area contributed by atoms with Crippen molar-refractivity contribution >= 4 is 52.5 Å². The van der Waals surface area contributed by atoms with Crippen LogP contribution < -0.4 is 16.0 Å². The predicted molar refractivity (Wildman–Crippen MR) is 118 cm³/mol. The summed E-state index contributed by atoms with van der Waals surface area (Å²) in [5.41, 5.74) is 0.748. The summed E-state index contributed by atoms with van der Waals surface area (Å²) in [5.74, 6) is -0.666. The fraction of sp³-hybridized carbons (Fsp3) is 0.286. The maximum atomic E-state index is 12.3. The Morgan fingerprint density at radius 1 is 0.933 bits per heavy atom. The Morgan fingerprint density at radius 2 is 1.53 bits per heavy atom.